The fourth-order valence-electron chi connectivity index (χ4n) is 6.23. The van der Waals surface area contributed by atoms with Crippen LogP contribution in [0.2, 0.25) is 0 Å². The predicted octanol–water partition coefficient (Wildman–Crippen LogP) is 3.55. The van der Waals surface area contributed by atoms with Crippen molar-refractivity contribution in [2.45, 2.75) is 64.2 Å². The Bertz CT molecular complexity index is 954. The Morgan fingerprint density at radius 1 is 1.33 bits per heavy atom. The number of likely N-dealkylation sites (tertiary alicyclic amines) is 1. The number of aryl methyl sites for hydroxylation is 1. The molecular weight excluding hydrogens is 376 g/mol. The standard InChI is InChI=1S/C24H32N4O2/c1-4-10-28-17(2)21(14-25-28)22-13-19-16-26(15-18-7-5-8-20(12-18)30-3)23(29)24(19)9-6-11-27(22)24/h5,7-8,12,14,19,22H,4,6,9-11,13,15-16H2,1-3H3/t19-,22-,24-/m0/s1. The summed E-state index contributed by atoms with van der Waals surface area (Å²) in [6.45, 7) is 7.86. The Kier molecular flexibility index (Phi) is 4.85. The summed E-state index contributed by atoms with van der Waals surface area (Å²) in [5.41, 5.74) is 3.43. The number of aromatic nitrogens is 2. The Morgan fingerprint density at radius 3 is 3.00 bits per heavy atom. The first-order valence-electron chi connectivity index (χ1n) is 11.3. The fraction of sp³-hybridized carbons (Fsp3) is 0.583. The van der Waals surface area contributed by atoms with Crippen molar-refractivity contribution in [3.8, 4) is 5.75 Å². The van der Waals surface area contributed by atoms with Crippen LogP contribution in [0.15, 0.2) is 30.5 Å². The molecular formula is C24H32N4O2. The molecule has 6 nitrogen and oxygen atoms in total. The van der Waals surface area contributed by atoms with Crippen molar-refractivity contribution < 1.29 is 9.53 Å². The minimum atomic E-state index is -0.303. The molecule has 2 aromatic rings. The molecule has 30 heavy (non-hydrogen) atoms. The highest BCUT2D eigenvalue weighted by atomic mass is 16.5. The van der Waals surface area contributed by atoms with E-state index >= 15 is 0 Å². The lowest BCUT2D eigenvalue weighted by Gasteiger charge is -2.33. The fourth-order valence-corrected chi connectivity index (χ4v) is 6.23. The van der Waals surface area contributed by atoms with Crippen molar-refractivity contribution in [2.75, 3.05) is 20.2 Å². The zero-order chi connectivity index (χ0) is 20.9. The quantitative estimate of drug-likeness (QED) is 0.734. The first-order chi connectivity index (χ1) is 14.6. The van der Waals surface area contributed by atoms with Crippen LogP contribution in [0, 0.1) is 12.8 Å². The van der Waals surface area contributed by atoms with Gasteiger partial charge in [0.1, 0.15) is 11.3 Å². The summed E-state index contributed by atoms with van der Waals surface area (Å²) < 4.78 is 7.49. The van der Waals surface area contributed by atoms with Crippen LogP contribution in [-0.4, -0.2) is 51.2 Å². The van der Waals surface area contributed by atoms with Crippen molar-refractivity contribution in [3.63, 3.8) is 0 Å². The molecule has 3 atom stereocenters. The molecule has 1 aromatic heterocycles. The van der Waals surface area contributed by atoms with Crippen molar-refractivity contribution in [1.82, 2.24) is 19.6 Å². The van der Waals surface area contributed by atoms with Gasteiger partial charge in [0, 0.05) is 42.9 Å². The molecule has 0 radical (unpaired) electrons. The number of carbonyl (C=O) groups is 1. The maximum Gasteiger partial charge on any atom is 0.243 e. The molecule has 0 bridgehead atoms. The van der Waals surface area contributed by atoms with E-state index in [0.29, 0.717) is 24.4 Å². The lowest BCUT2D eigenvalue weighted by Crippen LogP contribution is -2.49. The van der Waals surface area contributed by atoms with Crippen molar-refractivity contribution in [2.24, 2.45) is 5.92 Å². The minimum Gasteiger partial charge on any atom is -0.497 e. The van der Waals surface area contributed by atoms with Gasteiger partial charge in [-0.3, -0.25) is 14.4 Å². The summed E-state index contributed by atoms with van der Waals surface area (Å²) >= 11 is 0. The third-order valence-electron chi connectivity index (χ3n) is 7.57. The van der Waals surface area contributed by atoms with E-state index < -0.39 is 0 Å². The van der Waals surface area contributed by atoms with E-state index in [1.165, 1.54) is 11.3 Å². The largest absolute Gasteiger partial charge is 0.497 e. The van der Waals surface area contributed by atoms with Gasteiger partial charge in [0.05, 0.1) is 13.3 Å². The molecule has 3 saturated heterocycles. The van der Waals surface area contributed by atoms with E-state index in [-0.39, 0.29) is 5.54 Å². The molecule has 160 valence electrons. The molecule has 0 unspecified atom stereocenters. The molecule has 5 rings (SSSR count). The minimum absolute atomic E-state index is 0.303. The summed E-state index contributed by atoms with van der Waals surface area (Å²) in [4.78, 5) is 18.4. The normalized spacial score (nSPS) is 28.2. The number of hydrogen-bond donors (Lipinski definition) is 0. The van der Waals surface area contributed by atoms with Crippen molar-refractivity contribution >= 4 is 5.91 Å². The summed E-state index contributed by atoms with van der Waals surface area (Å²) in [6, 6.07) is 8.41. The Balaban J connectivity index is 1.40. The predicted molar refractivity (Wildman–Crippen MR) is 115 cm³/mol. The van der Waals surface area contributed by atoms with Crippen molar-refractivity contribution in [1.29, 1.82) is 0 Å². The van der Waals surface area contributed by atoms with Crippen LogP contribution < -0.4 is 4.74 Å². The maximum atomic E-state index is 13.8. The smallest absolute Gasteiger partial charge is 0.243 e. The molecule has 0 aliphatic carbocycles. The lowest BCUT2D eigenvalue weighted by atomic mass is 9.85. The number of carbonyl (C=O) groups excluding carboxylic acids is 1. The summed E-state index contributed by atoms with van der Waals surface area (Å²) in [5.74, 6) is 1.57. The van der Waals surface area contributed by atoms with Gasteiger partial charge in [0.15, 0.2) is 0 Å². The molecule has 1 amide bonds. The summed E-state index contributed by atoms with van der Waals surface area (Å²) in [6.07, 6.45) is 6.29. The molecule has 1 aromatic carbocycles. The summed E-state index contributed by atoms with van der Waals surface area (Å²) in [7, 11) is 1.69. The Hall–Kier alpha value is -2.34. The second-order valence-electron chi connectivity index (χ2n) is 9.12. The first-order valence-corrected chi connectivity index (χ1v) is 11.3. The molecule has 3 fully saturated rings. The van der Waals surface area contributed by atoms with Gasteiger partial charge in [0.2, 0.25) is 5.91 Å². The number of nitrogens with zero attached hydrogens (tertiary/aromatic N) is 4. The molecule has 0 N–H and O–H groups in total. The topological polar surface area (TPSA) is 50.6 Å². The van der Waals surface area contributed by atoms with Gasteiger partial charge in [-0.05, 0) is 56.8 Å². The molecule has 6 heteroatoms. The second-order valence-corrected chi connectivity index (χ2v) is 9.12. The van der Waals surface area contributed by atoms with E-state index in [9.17, 15) is 4.79 Å². The lowest BCUT2D eigenvalue weighted by molar-refractivity contribution is -0.137. The number of rotatable bonds is 6. The van der Waals surface area contributed by atoms with Gasteiger partial charge >= 0.3 is 0 Å². The van der Waals surface area contributed by atoms with E-state index in [1.807, 2.05) is 18.2 Å². The van der Waals surface area contributed by atoms with E-state index in [0.717, 1.165) is 56.6 Å². The zero-order valence-electron chi connectivity index (χ0n) is 18.3. The van der Waals surface area contributed by atoms with Crippen LogP contribution in [-0.2, 0) is 17.9 Å². The third-order valence-corrected chi connectivity index (χ3v) is 7.57. The second kappa shape index (κ2) is 7.41. The van der Waals surface area contributed by atoms with E-state index in [4.69, 9.17) is 4.74 Å². The average molecular weight is 409 g/mol. The van der Waals surface area contributed by atoms with E-state index in [2.05, 4.69) is 45.7 Å². The van der Waals surface area contributed by atoms with Crippen LogP contribution in [0.5, 0.6) is 5.75 Å². The molecule has 3 aliphatic heterocycles. The number of hydrogen-bond acceptors (Lipinski definition) is 4. The molecule has 3 aliphatic rings. The number of benzene rings is 1. The highest BCUT2D eigenvalue weighted by Crippen LogP contribution is 2.56. The Morgan fingerprint density at radius 2 is 2.20 bits per heavy atom. The molecule has 1 spiro atoms. The van der Waals surface area contributed by atoms with Gasteiger partial charge in [-0.15, -0.1) is 0 Å². The first kappa shape index (κ1) is 19.6. The average Bonchev–Trinajstić information content (AvgIpc) is 3.47. The van der Waals surface area contributed by atoms with Crippen LogP contribution in [0.1, 0.15) is 55.5 Å². The van der Waals surface area contributed by atoms with Gasteiger partial charge in [-0.2, -0.15) is 5.10 Å². The maximum absolute atomic E-state index is 13.8. The van der Waals surface area contributed by atoms with Crippen LogP contribution in [0.3, 0.4) is 0 Å². The Labute approximate surface area is 178 Å². The number of ether oxygens (including phenoxy) is 1. The number of amides is 1. The highest BCUT2D eigenvalue weighted by Gasteiger charge is 2.65. The third kappa shape index (κ3) is 2.80. The summed E-state index contributed by atoms with van der Waals surface area (Å²) in [5, 5.41) is 4.64. The van der Waals surface area contributed by atoms with Crippen LogP contribution >= 0.6 is 0 Å². The van der Waals surface area contributed by atoms with Crippen LogP contribution in [0.4, 0.5) is 0 Å². The number of methoxy groups -OCH3 is 1. The van der Waals surface area contributed by atoms with Gasteiger partial charge in [0.25, 0.3) is 0 Å². The van der Waals surface area contributed by atoms with Gasteiger partial charge in [-0.1, -0.05) is 19.1 Å². The van der Waals surface area contributed by atoms with Gasteiger partial charge in [-0.25, -0.2) is 0 Å². The SMILES string of the molecule is CCCn1ncc([C@@H]2C[C@H]3CN(Cc4cccc(OC)c4)C(=O)[C@]34CCCN24)c1C. The van der Waals surface area contributed by atoms with E-state index in [1.54, 1.807) is 7.11 Å². The van der Waals surface area contributed by atoms with Crippen molar-refractivity contribution in [3.05, 3.63) is 47.3 Å². The molecule has 4 heterocycles. The zero-order valence-corrected chi connectivity index (χ0v) is 18.3. The molecule has 0 saturated carbocycles. The highest BCUT2D eigenvalue weighted by molar-refractivity contribution is 5.90. The van der Waals surface area contributed by atoms with Gasteiger partial charge < -0.3 is 9.64 Å². The van der Waals surface area contributed by atoms with Crippen LogP contribution in [0.25, 0.3) is 0 Å². The monoisotopic (exact) mass is 408 g/mol.